The molecule has 4 rings (SSSR count). The zero-order valence-corrected chi connectivity index (χ0v) is 19.2. The van der Waals surface area contributed by atoms with Crippen LogP contribution in [0.1, 0.15) is 44.2 Å². The maximum atomic E-state index is 12.6. The second kappa shape index (κ2) is 9.00. The molecule has 160 valence electrons. The predicted molar refractivity (Wildman–Crippen MR) is 127 cm³/mol. The summed E-state index contributed by atoms with van der Waals surface area (Å²) in [6.45, 7) is 0. The second-order valence-corrected chi connectivity index (χ2v) is 9.31. The van der Waals surface area contributed by atoms with Crippen LogP contribution >= 0.6 is 46.8 Å². The molecule has 2 heterocycles. The maximum absolute atomic E-state index is 12.6. The van der Waals surface area contributed by atoms with Gasteiger partial charge in [0.2, 0.25) is 0 Å². The second-order valence-electron chi connectivity index (χ2n) is 6.98. The van der Waals surface area contributed by atoms with Gasteiger partial charge in [-0.1, -0.05) is 23.2 Å². The first-order chi connectivity index (χ1) is 14.8. The quantitative estimate of drug-likeness (QED) is 0.421. The Balaban J connectivity index is 1.47. The highest BCUT2D eigenvalue weighted by atomic mass is 35.5. The number of nitrogens with two attached hydrogens (primary N) is 1. The summed E-state index contributed by atoms with van der Waals surface area (Å²) in [4.78, 5) is 25.7. The van der Waals surface area contributed by atoms with Crippen molar-refractivity contribution < 1.29 is 14.0 Å². The van der Waals surface area contributed by atoms with Gasteiger partial charge in [0, 0.05) is 10.4 Å². The lowest BCUT2D eigenvalue weighted by Crippen LogP contribution is -2.34. The van der Waals surface area contributed by atoms with Gasteiger partial charge in [0.25, 0.3) is 11.8 Å². The largest absolute Gasteiger partial charge is 0.451 e. The van der Waals surface area contributed by atoms with Crippen molar-refractivity contribution in [3.05, 3.63) is 62.1 Å². The first-order valence-corrected chi connectivity index (χ1v) is 11.4. The Kier molecular flexibility index (Phi) is 6.34. The van der Waals surface area contributed by atoms with E-state index in [0.29, 0.717) is 31.9 Å². The lowest BCUT2D eigenvalue weighted by Gasteiger charge is -2.11. The molecule has 0 aliphatic heterocycles. The third kappa shape index (κ3) is 4.62. The molecule has 1 aliphatic carbocycles. The van der Waals surface area contributed by atoms with Crippen molar-refractivity contribution in [3.8, 4) is 11.3 Å². The number of thiocarbonyl (C=S) groups is 1. The molecule has 0 saturated carbocycles. The van der Waals surface area contributed by atoms with Crippen LogP contribution in [0.3, 0.4) is 0 Å². The van der Waals surface area contributed by atoms with Crippen molar-refractivity contribution in [3.63, 3.8) is 0 Å². The molecule has 0 unspecified atom stereocenters. The van der Waals surface area contributed by atoms with Crippen LogP contribution in [0.15, 0.2) is 34.7 Å². The zero-order valence-electron chi connectivity index (χ0n) is 16.1. The van der Waals surface area contributed by atoms with E-state index in [2.05, 4.69) is 10.6 Å². The molecule has 0 fully saturated rings. The maximum Gasteiger partial charge on any atom is 0.293 e. The molecule has 0 bridgehead atoms. The Bertz CT molecular complexity index is 1200. The number of aryl methyl sites for hydroxylation is 1. The number of nitrogens with one attached hydrogen (secondary N) is 2. The monoisotopic (exact) mass is 493 g/mol. The summed E-state index contributed by atoms with van der Waals surface area (Å²) >= 11 is 18.7. The normalized spacial score (nSPS) is 12.8. The van der Waals surface area contributed by atoms with Gasteiger partial charge in [0.1, 0.15) is 10.8 Å². The fourth-order valence-corrected chi connectivity index (χ4v) is 5.33. The van der Waals surface area contributed by atoms with E-state index in [1.165, 1.54) is 17.4 Å². The Morgan fingerprint density at radius 2 is 1.87 bits per heavy atom. The van der Waals surface area contributed by atoms with E-state index in [0.717, 1.165) is 36.1 Å². The number of fused-ring (bicyclic) bond motifs is 1. The number of amides is 2. The van der Waals surface area contributed by atoms with Crippen LogP contribution in [-0.2, 0) is 12.8 Å². The summed E-state index contributed by atoms with van der Waals surface area (Å²) in [7, 11) is 0. The third-order valence-electron chi connectivity index (χ3n) is 4.91. The molecule has 0 spiro atoms. The Hall–Kier alpha value is -2.39. The summed E-state index contributed by atoms with van der Waals surface area (Å²) in [6.07, 6.45) is 3.82. The molecule has 6 nitrogen and oxygen atoms in total. The van der Waals surface area contributed by atoms with Gasteiger partial charge in [0.15, 0.2) is 10.9 Å². The van der Waals surface area contributed by atoms with Crippen molar-refractivity contribution in [2.45, 2.75) is 25.7 Å². The molecule has 2 aromatic heterocycles. The average Bonchev–Trinajstić information content (AvgIpc) is 3.34. The number of benzene rings is 1. The number of furan rings is 1. The number of primary amides is 1. The number of hydrogen-bond donors (Lipinski definition) is 3. The number of thiophene rings is 1. The zero-order chi connectivity index (χ0) is 22.1. The first-order valence-electron chi connectivity index (χ1n) is 9.45. The number of rotatable bonds is 4. The SMILES string of the molecule is NC(=O)c1c(NC(=S)NC(=O)c2ccc(-c3ccc(Cl)c(Cl)c3)o2)sc2c1CCCC2. The minimum Gasteiger partial charge on any atom is -0.451 e. The van der Waals surface area contributed by atoms with Gasteiger partial charge < -0.3 is 15.5 Å². The van der Waals surface area contributed by atoms with Crippen molar-refractivity contribution in [2.75, 3.05) is 5.32 Å². The molecule has 1 aromatic carbocycles. The Morgan fingerprint density at radius 3 is 2.61 bits per heavy atom. The van der Waals surface area contributed by atoms with Crippen molar-refractivity contribution in [1.29, 1.82) is 0 Å². The molecule has 4 N–H and O–H groups in total. The number of carbonyl (C=O) groups excluding carboxylic acids is 2. The molecule has 1 aliphatic rings. The number of carbonyl (C=O) groups is 2. The summed E-state index contributed by atoms with van der Waals surface area (Å²) in [5.74, 6) is -0.491. The van der Waals surface area contributed by atoms with E-state index in [1.54, 1.807) is 24.3 Å². The van der Waals surface area contributed by atoms with Crippen LogP contribution in [-0.4, -0.2) is 16.9 Å². The summed E-state index contributed by atoms with van der Waals surface area (Å²) < 4.78 is 5.63. The first kappa shape index (κ1) is 21.8. The third-order valence-corrected chi connectivity index (χ3v) is 7.06. The van der Waals surface area contributed by atoms with Crippen molar-refractivity contribution >= 4 is 68.7 Å². The number of halogens is 2. The van der Waals surface area contributed by atoms with Gasteiger partial charge in [0.05, 0.1) is 15.6 Å². The highest BCUT2D eigenvalue weighted by Gasteiger charge is 2.25. The van der Waals surface area contributed by atoms with E-state index in [1.807, 2.05) is 0 Å². The standard InChI is InChI=1S/C21H17Cl2N3O3S2/c22-12-6-5-10(9-13(12)23)14-7-8-15(29-14)19(28)25-21(30)26-20-17(18(24)27)11-3-1-2-4-16(11)31-20/h5-9H,1-4H2,(H2,24,27)(H2,25,26,28,30). The average molecular weight is 494 g/mol. The van der Waals surface area contributed by atoms with Crippen molar-refractivity contribution in [2.24, 2.45) is 5.73 Å². The van der Waals surface area contributed by atoms with Gasteiger partial charge in [-0.15, -0.1) is 11.3 Å². The van der Waals surface area contributed by atoms with Crippen LogP contribution in [0.5, 0.6) is 0 Å². The summed E-state index contributed by atoms with van der Waals surface area (Å²) in [6, 6.07) is 8.24. The van der Waals surface area contributed by atoms with Crippen LogP contribution in [0.25, 0.3) is 11.3 Å². The molecular formula is C21H17Cl2N3O3S2. The van der Waals surface area contributed by atoms with Gasteiger partial charge in [-0.2, -0.15) is 0 Å². The van der Waals surface area contributed by atoms with E-state index < -0.39 is 11.8 Å². The highest BCUT2D eigenvalue weighted by molar-refractivity contribution is 7.80. The molecule has 0 saturated heterocycles. The smallest absolute Gasteiger partial charge is 0.293 e. The van der Waals surface area contributed by atoms with Gasteiger partial charge in [-0.3, -0.25) is 14.9 Å². The molecule has 31 heavy (non-hydrogen) atoms. The Labute approximate surface area is 197 Å². The minimum absolute atomic E-state index is 0.0542. The van der Waals surface area contributed by atoms with Crippen molar-refractivity contribution in [1.82, 2.24) is 5.32 Å². The summed E-state index contributed by atoms with van der Waals surface area (Å²) in [5.41, 5.74) is 7.72. The molecule has 2 amide bonds. The fraction of sp³-hybridized carbons (Fsp3) is 0.190. The lowest BCUT2D eigenvalue weighted by atomic mass is 9.95. The minimum atomic E-state index is -0.522. The predicted octanol–water partition coefficient (Wildman–Crippen LogP) is 5.42. The topological polar surface area (TPSA) is 97.4 Å². The highest BCUT2D eigenvalue weighted by Crippen LogP contribution is 2.38. The molecule has 10 heteroatoms. The van der Waals surface area contributed by atoms with E-state index in [9.17, 15) is 9.59 Å². The van der Waals surface area contributed by atoms with Gasteiger partial charge >= 0.3 is 0 Å². The van der Waals surface area contributed by atoms with Crippen LogP contribution < -0.4 is 16.4 Å². The lowest BCUT2D eigenvalue weighted by molar-refractivity contribution is 0.0950. The van der Waals surface area contributed by atoms with Crippen LogP contribution in [0.4, 0.5) is 5.00 Å². The Morgan fingerprint density at radius 1 is 1.10 bits per heavy atom. The van der Waals surface area contributed by atoms with Gasteiger partial charge in [-0.25, -0.2) is 0 Å². The van der Waals surface area contributed by atoms with Crippen LogP contribution in [0.2, 0.25) is 10.0 Å². The van der Waals surface area contributed by atoms with Gasteiger partial charge in [-0.05, 0) is 73.8 Å². The molecule has 0 atom stereocenters. The summed E-state index contributed by atoms with van der Waals surface area (Å²) in [5, 5.41) is 6.94. The van der Waals surface area contributed by atoms with E-state index in [4.69, 9.17) is 45.6 Å². The fourth-order valence-electron chi connectivity index (χ4n) is 3.48. The van der Waals surface area contributed by atoms with E-state index in [-0.39, 0.29) is 10.9 Å². The molecule has 0 radical (unpaired) electrons. The van der Waals surface area contributed by atoms with E-state index >= 15 is 0 Å². The number of anilines is 1. The van der Waals surface area contributed by atoms with Crippen LogP contribution in [0, 0.1) is 0 Å². The number of hydrogen-bond acceptors (Lipinski definition) is 5. The molecule has 3 aromatic rings. The molecular weight excluding hydrogens is 477 g/mol.